The van der Waals surface area contributed by atoms with Crippen LogP contribution < -0.4 is 5.32 Å². The molecule has 2 aliphatic heterocycles. The molecule has 2 heterocycles. The van der Waals surface area contributed by atoms with Crippen LogP contribution in [-0.4, -0.2) is 74.1 Å². The van der Waals surface area contributed by atoms with Crippen molar-refractivity contribution in [1.29, 1.82) is 0 Å². The van der Waals surface area contributed by atoms with Crippen LogP contribution in [0, 0.1) is 0 Å². The molecule has 1 N–H and O–H groups in total. The zero-order chi connectivity index (χ0) is 27.3. The molecule has 2 aromatic rings. The highest BCUT2D eigenvalue weighted by Crippen LogP contribution is 2.33. The number of hydrogen-bond donors (Lipinski definition) is 1. The van der Waals surface area contributed by atoms with Crippen LogP contribution in [0.5, 0.6) is 0 Å². The average molecular weight is 597 g/mol. The van der Waals surface area contributed by atoms with Crippen molar-refractivity contribution in [2.45, 2.75) is 4.90 Å². The van der Waals surface area contributed by atoms with Gasteiger partial charge in [-0.05, 0) is 59.3 Å². The van der Waals surface area contributed by atoms with Crippen molar-refractivity contribution in [2.24, 2.45) is 0 Å². The van der Waals surface area contributed by atoms with Gasteiger partial charge >= 0.3 is 0 Å². The summed E-state index contributed by atoms with van der Waals surface area (Å²) >= 11 is 12.7. The molecule has 2 saturated heterocycles. The van der Waals surface area contributed by atoms with Gasteiger partial charge in [0, 0.05) is 32.3 Å². The molecule has 0 bridgehead atoms. The zero-order valence-electron chi connectivity index (χ0n) is 19.9. The Balaban J connectivity index is 1.28. The lowest BCUT2D eigenvalue weighted by Gasteiger charge is -2.26. The highest BCUT2D eigenvalue weighted by atomic mass is 35.5. The van der Waals surface area contributed by atoms with E-state index in [9.17, 15) is 22.8 Å². The van der Waals surface area contributed by atoms with Crippen molar-refractivity contribution >= 4 is 74.2 Å². The van der Waals surface area contributed by atoms with Gasteiger partial charge < -0.3 is 10.1 Å². The second-order valence-electron chi connectivity index (χ2n) is 8.22. The monoisotopic (exact) mass is 595 g/mol. The molecule has 0 atom stereocenters. The van der Waals surface area contributed by atoms with Crippen LogP contribution in [0.2, 0.25) is 10.0 Å². The molecule has 2 aromatic carbocycles. The van der Waals surface area contributed by atoms with E-state index >= 15 is 0 Å². The van der Waals surface area contributed by atoms with Gasteiger partial charge in [-0.1, -0.05) is 41.4 Å². The lowest BCUT2D eigenvalue weighted by molar-refractivity contribution is -0.123. The minimum atomic E-state index is -3.59. The Morgan fingerprint density at radius 2 is 1.71 bits per heavy atom. The third-order valence-corrected chi connectivity index (χ3v) is 9.22. The maximum absolute atomic E-state index is 12.7. The van der Waals surface area contributed by atoms with Gasteiger partial charge in [0.25, 0.3) is 11.1 Å². The highest BCUT2D eigenvalue weighted by molar-refractivity contribution is 8.18. The van der Waals surface area contributed by atoms with Crippen molar-refractivity contribution in [3.8, 4) is 0 Å². The molecule has 9 nitrogen and oxygen atoms in total. The molecule has 2 aliphatic rings. The Labute approximate surface area is 234 Å². The number of nitrogens with zero attached hydrogens (tertiary/aromatic N) is 2. The summed E-state index contributed by atoms with van der Waals surface area (Å²) in [6, 6.07) is 11.1. The van der Waals surface area contributed by atoms with E-state index in [1.165, 1.54) is 22.5 Å². The number of hydrogen-bond acceptors (Lipinski definition) is 7. The first kappa shape index (κ1) is 28.3. The average Bonchev–Trinajstić information content (AvgIpc) is 3.17. The standard InChI is InChI=1S/C25H23Cl2N3O6S2/c26-20-7-3-18(15-21(20)27)16-22-24(32)30(25(33)37-22)10-9-28-23(31)8-4-17-1-5-19(6-2-17)38(34,35)29-11-13-36-14-12-29/h1-8,15-16H,9-14H2,(H,28,31)/b8-4+,22-16+. The fourth-order valence-electron chi connectivity index (χ4n) is 3.65. The van der Waals surface area contributed by atoms with Gasteiger partial charge in [0.05, 0.1) is 33.1 Å². The summed E-state index contributed by atoms with van der Waals surface area (Å²) in [5.74, 6) is -0.878. The summed E-state index contributed by atoms with van der Waals surface area (Å²) in [5.41, 5.74) is 1.27. The fourth-order valence-corrected chi connectivity index (χ4v) is 6.23. The molecule has 2 fully saturated rings. The number of carbonyl (C=O) groups is 3. The predicted octanol–water partition coefficient (Wildman–Crippen LogP) is 3.88. The van der Waals surface area contributed by atoms with E-state index in [4.69, 9.17) is 27.9 Å². The predicted molar refractivity (Wildman–Crippen MR) is 147 cm³/mol. The maximum Gasteiger partial charge on any atom is 0.293 e. The first-order chi connectivity index (χ1) is 18.1. The minimum absolute atomic E-state index is 0.0110. The Kier molecular flexibility index (Phi) is 9.29. The van der Waals surface area contributed by atoms with Crippen molar-refractivity contribution < 1.29 is 27.5 Å². The summed E-state index contributed by atoms with van der Waals surface area (Å²) in [6.07, 6.45) is 4.40. The summed E-state index contributed by atoms with van der Waals surface area (Å²) in [4.78, 5) is 38.6. The van der Waals surface area contributed by atoms with Crippen molar-refractivity contribution in [3.63, 3.8) is 0 Å². The number of sulfonamides is 1. The highest BCUT2D eigenvalue weighted by Gasteiger charge is 2.34. The Hall–Kier alpha value is -2.67. The van der Waals surface area contributed by atoms with Crippen LogP contribution >= 0.6 is 35.0 Å². The zero-order valence-corrected chi connectivity index (χ0v) is 23.1. The molecular weight excluding hydrogens is 573 g/mol. The van der Waals surface area contributed by atoms with Crippen molar-refractivity contribution in [1.82, 2.24) is 14.5 Å². The molecule has 38 heavy (non-hydrogen) atoms. The second-order valence-corrected chi connectivity index (χ2v) is 12.0. The van der Waals surface area contributed by atoms with Crippen LogP contribution in [0.3, 0.4) is 0 Å². The second kappa shape index (κ2) is 12.5. The molecule has 0 spiro atoms. The molecule has 3 amide bonds. The van der Waals surface area contributed by atoms with Crippen LogP contribution in [0.4, 0.5) is 4.79 Å². The Morgan fingerprint density at radius 3 is 2.39 bits per heavy atom. The number of benzene rings is 2. The van der Waals surface area contributed by atoms with Crippen molar-refractivity contribution in [3.05, 3.63) is 74.6 Å². The molecule has 0 unspecified atom stereocenters. The van der Waals surface area contributed by atoms with Gasteiger partial charge in [-0.2, -0.15) is 4.31 Å². The van der Waals surface area contributed by atoms with Crippen molar-refractivity contribution in [2.75, 3.05) is 39.4 Å². The van der Waals surface area contributed by atoms with Gasteiger partial charge in [0.2, 0.25) is 15.9 Å². The van der Waals surface area contributed by atoms with Crippen LogP contribution in [0.25, 0.3) is 12.2 Å². The number of amides is 3. The number of ether oxygens (including phenoxy) is 1. The lowest BCUT2D eigenvalue weighted by Crippen LogP contribution is -2.40. The summed E-state index contributed by atoms with van der Waals surface area (Å²) in [6.45, 7) is 1.43. The number of carbonyl (C=O) groups excluding carboxylic acids is 3. The van der Waals surface area contributed by atoms with Gasteiger partial charge in [-0.25, -0.2) is 8.42 Å². The van der Waals surface area contributed by atoms with E-state index in [0.29, 0.717) is 47.5 Å². The van der Waals surface area contributed by atoms with E-state index in [0.717, 1.165) is 16.7 Å². The Bertz CT molecular complexity index is 1400. The van der Waals surface area contributed by atoms with E-state index in [2.05, 4.69) is 5.32 Å². The summed E-state index contributed by atoms with van der Waals surface area (Å²) < 4.78 is 32.0. The van der Waals surface area contributed by atoms with Crippen LogP contribution in [0.15, 0.2) is 58.3 Å². The number of morpholine rings is 1. The SMILES string of the molecule is O=C(/C=C/c1ccc(S(=O)(=O)N2CCOCC2)cc1)NCCN1C(=O)S/C(=C/c2ccc(Cl)c(Cl)c2)C1=O. The summed E-state index contributed by atoms with van der Waals surface area (Å²) in [7, 11) is -3.59. The molecule has 13 heteroatoms. The number of halogens is 2. The Morgan fingerprint density at radius 1 is 1.03 bits per heavy atom. The third kappa shape index (κ3) is 6.85. The number of rotatable bonds is 8. The summed E-state index contributed by atoms with van der Waals surface area (Å²) in [5, 5.41) is 2.92. The van der Waals surface area contributed by atoms with Gasteiger partial charge in [-0.3, -0.25) is 19.3 Å². The molecule has 0 radical (unpaired) electrons. The molecule has 4 rings (SSSR count). The normalized spacial score (nSPS) is 18.1. The minimum Gasteiger partial charge on any atom is -0.379 e. The smallest absolute Gasteiger partial charge is 0.293 e. The number of thioether (sulfide) groups is 1. The van der Waals surface area contributed by atoms with Gasteiger partial charge in [0.15, 0.2) is 0 Å². The maximum atomic E-state index is 12.7. The number of nitrogens with one attached hydrogen (secondary N) is 1. The van der Waals surface area contributed by atoms with Crippen LogP contribution in [-0.2, 0) is 24.3 Å². The quantitative estimate of drug-likeness (QED) is 0.461. The molecule has 0 aliphatic carbocycles. The molecule has 0 aromatic heterocycles. The largest absolute Gasteiger partial charge is 0.379 e. The first-order valence-corrected chi connectivity index (χ1v) is 14.5. The topological polar surface area (TPSA) is 113 Å². The third-order valence-electron chi connectivity index (χ3n) is 5.66. The molecule has 0 saturated carbocycles. The van der Waals surface area contributed by atoms with Crippen LogP contribution in [0.1, 0.15) is 11.1 Å². The molecule has 200 valence electrons. The van der Waals surface area contributed by atoms with E-state index < -0.39 is 27.1 Å². The van der Waals surface area contributed by atoms with E-state index in [1.807, 2.05) is 0 Å². The fraction of sp³-hybridized carbons (Fsp3) is 0.240. The van der Waals surface area contributed by atoms with E-state index in [1.54, 1.807) is 42.5 Å². The lowest BCUT2D eigenvalue weighted by atomic mass is 10.2. The van der Waals surface area contributed by atoms with E-state index in [-0.39, 0.29) is 22.9 Å². The van der Waals surface area contributed by atoms with Gasteiger partial charge in [-0.15, -0.1) is 0 Å². The number of imide groups is 1. The first-order valence-electron chi connectivity index (χ1n) is 11.5. The van der Waals surface area contributed by atoms with Gasteiger partial charge in [0.1, 0.15) is 0 Å². The molecular formula is C25H23Cl2N3O6S2.